The molecule has 0 heterocycles. The number of carbonyl (C=O) groups is 1. The molecule has 0 amide bonds. The fourth-order valence-electron chi connectivity index (χ4n) is 2.08. The lowest BCUT2D eigenvalue weighted by Gasteiger charge is -2.06. The van der Waals surface area contributed by atoms with Crippen LogP contribution in [0.25, 0.3) is 0 Å². The molecule has 0 saturated carbocycles. The lowest BCUT2D eigenvalue weighted by Crippen LogP contribution is -2.05. The predicted molar refractivity (Wildman–Crippen MR) is 89.2 cm³/mol. The van der Waals surface area contributed by atoms with Crippen molar-refractivity contribution < 1.29 is 24.6 Å². The van der Waals surface area contributed by atoms with Crippen LogP contribution in [0.2, 0.25) is 0 Å². The zero-order chi connectivity index (χ0) is 17.5. The molecule has 0 spiro atoms. The molecule has 0 fully saturated rings. The van der Waals surface area contributed by atoms with Gasteiger partial charge in [0.05, 0.1) is 17.9 Å². The zero-order valence-electron chi connectivity index (χ0n) is 13.5. The number of hydrogen-bond donors (Lipinski definition) is 2. The molecule has 126 valence electrons. The van der Waals surface area contributed by atoms with Gasteiger partial charge in [-0.25, -0.2) is 4.79 Å². The van der Waals surface area contributed by atoms with Crippen molar-refractivity contribution in [2.45, 2.75) is 20.5 Å². The number of benzene rings is 2. The summed E-state index contributed by atoms with van der Waals surface area (Å²) in [6, 6.07) is 11.1. The molecule has 24 heavy (non-hydrogen) atoms. The molecule has 2 aromatic carbocycles. The van der Waals surface area contributed by atoms with E-state index in [0.717, 1.165) is 5.56 Å². The normalized spacial score (nSPS) is 11.2. The van der Waals surface area contributed by atoms with E-state index in [1.165, 1.54) is 12.1 Å². The fourth-order valence-corrected chi connectivity index (χ4v) is 2.08. The van der Waals surface area contributed by atoms with Crippen LogP contribution in [0.1, 0.15) is 35.3 Å². The molecule has 6 heteroatoms. The van der Waals surface area contributed by atoms with E-state index in [1.54, 1.807) is 38.1 Å². The Balaban J connectivity index is 2.03. The van der Waals surface area contributed by atoms with Gasteiger partial charge in [-0.15, -0.1) is 0 Å². The molecular formula is C18H19NO5. The molecule has 0 unspecified atom stereocenters. The summed E-state index contributed by atoms with van der Waals surface area (Å²) in [6.45, 7) is 3.92. The number of esters is 1. The monoisotopic (exact) mass is 329 g/mol. The SMILES string of the molecule is CCOC(=O)c1cccc(CO/N=C(\C)c2ccc(O)cc2O)c1. The quantitative estimate of drug-likeness (QED) is 0.482. The van der Waals surface area contributed by atoms with Gasteiger partial charge in [-0.05, 0) is 43.7 Å². The molecule has 0 aliphatic rings. The van der Waals surface area contributed by atoms with E-state index in [1.807, 2.05) is 6.07 Å². The Morgan fingerprint density at radius 3 is 2.67 bits per heavy atom. The van der Waals surface area contributed by atoms with Crippen molar-refractivity contribution in [1.29, 1.82) is 0 Å². The second kappa shape index (κ2) is 8.01. The number of ether oxygens (including phenoxy) is 1. The summed E-state index contributed by atoms with van der Waals surface area (Å²) in [5, 5.41) is 23.0. The van der Waals surface area contributed by atoms with Gasteiger partial charge in [-0.1, -0.05) is 17.3 Å². The van der Waals surface area contributed by atoms with Gasteiger partial charge in [0.25, 0.3) is 0 Å². The second-order valence-corrected chi connectivity index (χ2v) is 5.07. The van der Waals surface area contributed by atoms with Crippen molar-refractivity contribution in [2.24, 2.45) is 5.16 Å². The van der Waals surface area contributed by atoms with E-state index in [-0.39, 0.29) is 24.1 Å². The summed E-state index contributed by atoms with van der Waals surface area (Å²) in [6.07, 6.45) is 0. The van der Waals surface area contributed by atoms with Crippen LogP contribution >= 0.6 is 0 Å². The Labute approximate surface area is 140 Å². The fraction of sp³-hybridized carbons (Fsp3) is 0.222. The standard InChI is InChI=1S/C18H19NO5/c1-3-23-18(22)14-6-4-5-13(9-14)11-24-19-12(2)16-8-7-15(20)10-17(16)21/h4-10,20-21H,3,11H2,1-2H3/b19-12+. The second-order valence-electron chi connectivity index (χ2n) is 5.07. The molecule has 0 radical (unpaired) electrons. The average molecular weight is 329 g/mol. The topological polar surface area (TPSA) is 88.4 Å². The Hall–Kier alpha value is -3.02. The third-order valence-corrected chi connectivity index (χ3v) is 3.24. The van der Waals surface area contributed by atoms with Gasteiger partial charge in [0, 0.05) is 11.6 Å². The number of oxime groups is 1. The first-order valence-corrected chi connectivity index (χ1v) is 7.46. The van der Waals surface area contributed by atoms with E-state index in [2.05, 4.69) is 5.16 Å². The van der Waals surface area contributed by atoms with Crippen molar-refractivity contribution >= 4 is 11.7 Å². The number of phenols is 2. The van der Waals surface area contributed by atoms with Crippen molar-refractivity contribution in [3.8, 4) is 11.5 Å². The van der Waals surface area contributed by atoms with Crippen molar-refractivity contribution in [3.05, 3.63) is 59.2 Å². The summed E-state index contributed by atoms with van der Waals surface area (Å²) in [5.74, 6) is -0.488. The number of hydrogen-bond acceptors (Lipinski definition) is 6. The summed E-state index contributed by atoms with van der Waals surface area (Å²) >= 11 is 0. The first kappa shape index (κ1) is 17.3. The summed E-state index contributed by atoms with van der Waals surface area (Å²) < 4.78 is 4.95. The van der Waals surface area contributed by atoms with Crippen LogP contribution in [-0.2, 0) is 16.2 Å². The summed E-state index contributed by atoms with van der Waals surface area (Å²) in [7, 11) is 0. The Bertz CT molecular complexity index is 755. The summed E-state index contributed by atoms with van der Waals surface area (Å²) in [5.41, 5.74) is 2.16. The summed E-state index contributed by atoms with van der Waals surface area (Å²) in [4.78, 5) is 17.0. The maximum absolute atomic E-state index is 11.7. The first-order chi connectivity index (χ1) is 11.5. The third-order valence-electron chi connectivity index (χ3n) is 3.24. The van der Waals surface area contributed by atoms with Gasteiger partial charge in [-0.3, -0.25) is 0 Å². The van der Waals surface area contributed by atoms with Crippen LogP contribution < -0.4 is 0 Å². The highest BCUT2D eigenvalue weighted by atomic mass is 16.6. The van der Waals surface area contributed by atoms with Crippen LogP contribution in [0.15, 0.2) is 47.6 Å². The molecule has 0 saturated heterocycles. The minimum absolute atomic E-state index is 0.0271. The molecule has 2 aromatic rings. The van der Waals surface area contributed by atoms with E-state index in [0.29, 0.717) is 23.4 Å². The molecule has 2 N–H and O–H groups in total. The van der Waals surface area contributed by atoms with Gasteiger partial charge in [0.1, 0.15) is 18.1 Å². The van der Waals surface area contributed by atoms with E-state index >= 15 is 0 Å². The highest BCUT2D eigenvalue weighted by molar-refractivity contribution is 6.00. The van der Waals surface area contributed by atoms with Crippen molar-refractivity contribution in [2.75, 3.05) is 6.61 Å². The molecule has 0 aliphatic carbocycles. The van der Waals surface area contributed by atoms with Crippen molar-refractivity contribution in [1.82, 2.24) is 0 Å². The Morgan fingerprint density at radius 1 is 1.17 bits per heavy atom. The maximum Gasteiger partial charge on any atom is 0.338 e. The predicted octanol–water partition coefficient (Wildman–Crippen LogP) is 3.22. The maximum atomic E-state index is 11.7. The molecule has 0 atom stereocenters. The highest BCUT2D eigenvalue weighted by Gasteiger charge is 2.08. The molecule has 0 bridgehead atoms. The van der Waals surface area contributed by atoms with Crippen LogP contribution in [-0.4, -0.2) is 28.5 Å². The molecule has 0 aromatic heterocycles. The lowest BCUT2D eigenvalue weighted by molar-refractivity contribution is 0.0526. The van der Waals surface area contributed by atoms with Crippen LogP contribution in [0.5, 0.6) is 11.5 Å². The van der Waals surface area contributed by atoms with Gasteiger partial charge >= 0.3 is 5.97 Å². The average Bonchev–Trinajstić information content (AvgIpc) is 2.55. The molecular weight excluding hydrogens is 310 g/mol. The largest absolute Gasteiger partial charge is 0.508 e. The highest BCUT2D eigenvalue weighted by Crippen LogP contribution is 2.23. The van der Waals surface area contributed by atoms with Gasteiger partial charge in [-0.2, -0.15) is 0 Å². The van der Waals surface area contributed by atoms with Crippen LogP contribution in [0, 0.1) is 0 Å². The van der Waals surface area contributed by atoms with Crippen LogP contribution in [0.3, 0.4) is 0 Å². The zero-order valence-corrected chi connectivity index (χ0v) is 13.5. The lowest BCUT2D eigenvalue weighted by atomic mass is 10.1. The first-order valence-electron chi connectivity index (χ1n) is 7.46. The van der Waals surface area contributed by atoms with Gasteiger partial charge < -0.3 is 19.8 Å². The minimum atomic E-state index is -0.381. The van der Waals surface area contributed by atoms with E-state index < -0.39 is 0 Å². The number of nitrogens with zero attached hydrogens (tertiary/aromatic N) is 1. The Kier molecular flexibility index (Phi) is 5.78. The van der Waals surface area contributed by atoms with Gasteiger partial charge in [0.15, 0.2) is 0 Å². The molecule has 2 rings (SSSR count). The molecule has 0 aliphatic heterocycles. The van der Waals surface area contributed by atoms with Crippen molar-refractivity contribution in [3.63, 3.8) is 0 Å². The number of rotatable bonds is 6. The van der Waals surface area contributed by atoms with E-state index in [4.69, 9.17) is 9.57 Å². The number of aromatic hydroxyl groups is 2. The third kappa shape index (κ3) is 4.49. The van der Waals surface area contributed by atoms with Gasteiger partial charge in [0.2, 0.25) is 0 Å². The smallest absolute Gasteiger partial charge is 0.338 e. The Morgan fingerprint density at radius 2 is 1.96 bits per heavy atom. The van der Waals surface area contributed by atoms with Crippen LogP contribution in [0.4, 0.5) is 0 Å². The van der Waals surface area contributed by atoms with E-state index in [9.17, 15) is 15.0 Å². The number of phenolic OH excluding ortho intramolecular Hbond substituents is 2. The minimum Gasteiger partial charge on any atom is -0.508 e. The molecule has 6 nitrogen and oxygen atoms in total. The number of carbonyl (C=O) groups excluding carboxylic acids is 1.